The molecule has 0 radical (unpaired) electrons. The topological polar surface area (TPSA) is 134 Å². The van der Waals surface area contributed by atoms with Crippen molar-refractivity contribution in [1.82, 2.24) is 10.7 Å². The molecule has 0 aliphatic rings. The second kappa shape index (κ2) is 8.58. The third kappa shape index (κ3) is 5.28. The smallest absolute Gasteiger partial charge is 0.270 e. The van der Waals surface area contributed by atoms with E-state index in [4.69, 9.17) is 11.6 Å². The Morgan fingerprint density at radius 2 is 2.04 bits per heavy atom. The minimum Gasteiger partial charge on any atom is -0.507 e. The van der Waals surface area contributed by atoms with Crippen molar-refractivity contribution in [3.8, 4) is 5.75 Å². The molecule has 2 aromatic rings. The minimum absolute atomic E-state index is 0.0578. The first-order valence-corrected chi connectivity index (χ1v) is 7.57. The van der Waals surface area contributed by atoms with Crippen LogP contribution in [0.4, 0.5) is 5.69 Å². The molecule has 0 bridgehead atoms. The summed E-state index contributed by atoms with van der Waals surface area (Å²) in [5, 5.41) is 26.7. The Morgan fingerprint density at radius 3 is 2.73 bits per heavy atom. The van der Waals surface area contributed by atoms with Gasteiger partial charge in [0.2, 0.25) is 0 Å². The van der Waals surface area contributed by atoms with Crippen molar-refractivity contribution in [2.24, 2.45) is 5.10 Å². The van der Waals surface area contributed by atoms with Crippen molar-refractivity contribution >= 4 is 35.3 Å². The lowest BCUT2D eigenvalue weighted by molar-refractivity contribution is -0.384. The molecule has 3 N–H and O–H groups in total. The second-order valence-corrected chi connectivity index (χ2v) is 5.42. The molecule has 0 aromatic heterocycles. The lowest BCUT2D eigenvalue weighted by Crippen LogP contribution is -2.34. The molecular formula is C16H13ClN4O5. The van der Waals surface area contributed by atoms with E-state index in [0.717, 1.165) is 24.4 Å². The first kappa shape index (κ1) is 18.9. The summed E-state index contributed by atoms with van der Waals surface area (Å²) in [5.74, 6) is -1.34. The largest absolute Gasteiger partial charge is 0.507 e. The third-order valence-corrected chi connectivity index (χ3v) is 3.35. The van der Waals surface area contributed by atoms with E-state index in [9.17, 15) is 24.8 Å². The molecule has 9 nitrogen and oxygen atoms in total. The molecule has 134 valence electrons. The number of halogens is 1. The number of nitro groups is 1. The number of phenolic OH excluding ortho intramolecular Hbond substituents is 1. The van der Waals surface area contributed by atoms with Crippen molar-refractivity contribution in [3.63, 3.8) is 0 Å². The monoisotopic (exact) mass is 376 g/mol. The number of aromatic hydroxyl groups is 1. The second-order valence-electron chi connectivity index (χ2n) is 4.99. The predicted molar refractivity (Wildman–Crippen MR) is 94.3 cm³/mol. The fourth-order valence-electron chi connectivity index (χ4n) is 1.86. The maximum atomic E-state index is 11.9. The van der Waals surface area contributed by atoms with Gasteiger partial charge in [-0.05, 0) is 24.3 Å². The van der Waals surface area contributed by atoms with Crippen molar-refractivity contribution in [3.05, 3.63) is 68.7 Å². The van der Waals surface area contributed by atoms with Gasteiger partial charge in [-0.2, -0.15) is 5.10 Å². The van der Waals surface area contributed by atoms with Crippen molar-refractivity contribution in [2.75, 3.05) is 6.54 Å². The number of benzene rings is 2. The van der Waals surface area contributed by atoms with Crippen LogP contribution in [0.15, 0.2) is 47.6 Å². The van der Waals surface area contributed by atoms with E-state index in [-0.39, 0.29) is 23.5 Å². The predicted octanol–water partition coefficient (Wildman–Crippen LogP) is 1.83. The summed E-state index contributed by atoms with van der Waals surface area (Å²) >= 11 is 5.78. The molecular weight excluding hydrogens is 364 g/mol. The Labute approximate surface area is 152 Å². The number of non-ortho nitro benzene ring substituents is 1. The molecule has 0 unspecified atom stereocenters. The van der Waals surface area contributed by atoms with E-state index >= 15 is 0 Å². The van der Waals surface area contributed by atoms with Crippen LogP contribution >= 0.6 is 11.6 Å². The third-order valence-electron chi connectivity index (χ3n) is 3.11. The molecule has 26 heavy (non-hydrogen) atoms. The van der Waals surface area contributed by atoms with Gasteiger partial charge in [0.1, 0.15) is 5.75 Å². The number of nitro benzene ring substituents is 1. The van der Waals surface area contributed by atoms with E-state index in [1.165, 1.54) is 6.07 Å². The van der Waals surface area contributed by atoms with E-state index in [0.29, 0.717) is 10.6 Å². The number of hydrazone groups is 1. The van der Waals surface area contributed by atoms with Gasteiger partial charge >= 0.3 is 0 Å². The van der Waals surface area contributed by atoms with Gasteiger partial charge in [-0.3, -0.25) is 19.7 Å². The van der Waals surface area contributed by atoms with Gasteiger partial charge in [0, 0.05) is 28.3 Å². The summed E-state index contributed by atoms with van der Waals surface area (Å²) in [4.78, 5) is 33.6. The normalized spacial score (nSPS) is 10.5. The number of carbonyl (C=O) groups excluding carboxylic acids is 2. The van der Waals surface area contributed by atoms with Crippen LogP contribution < -0.4 is 10.7 Å². The number of nitrogens with one attached hydrogen (secondary N) is 2. The summed E-state index contributed by atoms with van der Waals surface area (Å²) in [6, 6.07) is 9.60. The summed E-state index contributed by atoms with van der Waals surface area (Å²) in [6.07, 6.45) is 1.05. The van der Waals surface area contributed by atoms with Crippen LogP contribution in [0.5, 0.6) is 5.75 Å². The van der Waals surface area contributed by atoms with Gasteiger partial charge in [0.15, 0.2) is 0 Å². The Bertz CT molecular complexity index is 885. The molecule has 2 amide bonds. The van der Waals surface area contributed by atoms with Crippen molar-refractivity contribution in [2.45, 2.75) is 0 Å². The zero-order valence-electron chi connectivity index (χ0n) is 13.2. The molecule has 0 fully saturated rings. The summed E-state index contributed by atoms with van der Waals surface area (Å²) < 4.78 is 0. The molecule has 2 rings (SSSR count). The van der Waals surface area contributed by atoms with Crippen LogP contribution in [0.2, 0.25) is 5.02 Å². The van der Waals surface area contributed by atoms with Crippen LogP contribution in [0.1, 0.15) is 15.9 Å². The number of phenols is 1. The van der Waals surface area contributed by atoms with Crippen LogP contribution in [0.25, 0.3) is 0 Å². The van der Waals surface area contributed by atoms with Crippen molar-refractivity contribution < 1.29 is 19.6 Å². The molecule has 0 aliphatic heterocycles. The van der Waals surface area contributed by atoms with Gasteiger partial charge < -0.3 is 10.4 Å². The van der Waals surface area contributed by atoms with E-state index in [2.05, 4.69) is 15.8 Å². The lowest BCUT2D eigenvalue weighted by atomic mass is 10.2. The summed E-state index contributed by atoms with van der Waals surface area (Å²) in [5.41, 5.74) is 2.26. The Kier molecular flexibility index (Phi) is 6.23. The van der Waals surface area contributed by atoms with Crippen molar-refractivity contribution in [1.29, 1.82) is 0 Å². The molecule has 0 saturated heterocycles. The van der Waals surface area contributed by atoms with E-state index in [1.807, 2.05) is 0 Å². The average Bonchev–Trinajstić information content (AvgIpc) is 2.61. The van der Waals surface area contributed by atoms with Gasteiger partial charge in [-0.1, -0.05) is 17.7 Å². The highest BCUT2D eigenvalue weighted by molar-refractivity contribution is 6.30. The first-order chi connectivity index (χ1) is 12.4. The number of carbonyl (C=O) groups is 2. The molecule has 0 spiro atoms. The minimum atomic E-state index is -0.624. The zero-order chi connectivity index (χ0) is 19.1. The quantitative estimate of drug-likeness (QED) is 0.401. The molecule has 10 heteroatoms. The standard InChI is InChI=1S/C16H13ClN4O5/c17-12-3-1-2-10(6-12)16(24)18-9-15(23)20-19-8-11-7-13(21(25)26)4-5-14(11)22/h1-8,22H,9H2,(H,18,24)(H,20,23). The number of nitrogens with zero attached hydrogens (tertiary/aromatic N) is 2. The van der Waals surface area contributed by atoms with E-state index in [1.54, 1.807) is 18.2 Å². The fourth-order valence-corrected chi connectivity index (χ4v) is 2.05. The summed E-state index contributed by atoms with van der Waals surface area (Å²) in [7, 11) is 0. The first-order valence-electron chi connectivity index (χ1n) is 7.20. The van der Waals surface area contributed by atoms with Crippen LogP contribution in [-0.2, 0) is 4.79 Å². The van der Waals surface area contributed by atoms with Crippen LogP contribution in [-0.4, -0.2) is 34.6 Å². The van der Waals surface area contributed by atoms with Gasteiger partial charge in [0.05, 0.1) is 17.7 Å². The number of hydrogen-bond donors (Lipinski definition) is 3. The maximum absolute atomic E-state index is 11.9. The lowest BCUT2D eigenvalue weighted by Gasteiger charge is -2.04. The number of rotatable bonds is 6. The highest BCUT2D eigenvalue weighted by atomic mass is 35.5. The molecule has 2 aromatic carbocycles. The summed E-state index contributed by atoms with van der Waals surface area (Å²) in [6.45, 7) is -0.344. The number of amides is 2. The Morgan fingerprint density at radius 1 is 1.27 bits per heavy atom. The SMILES string of the molecule is O=C(CNC(=O)c1cccc(Cl)c1)NN=Cc1cc([N+](=O)[O-])ccc1O. The highest BCUT2D eigenvalue weighted by Gasteiger charge is 2.10. The average molecular weight is 377 g/mol. The molecule has 0 heterocycles. The molecule has 0 saturated carbocycles. The van der Waals surface area contributed by atoms with E-state index < -0.39 is 16.7 Å². The maximum Gasteiger partial charge on any atom is 0.270 e. The fraction of sp³-hybridized carbons (Fsp3) is 0.0625. The molecule has 0 atom stereocenters. The molecule has 0 aliphatic carbocycles. The Balaban J connectivity index is 1.89. The highest BCUT2D eigenvalue weighted by Crippen LogP contribution is 2.21. The zero-order valence-corrected chi connectivity index (χ0v) is 13.9. The Hall–Kier alpha value is -3.46. The van der Waals surface area contributed by atoms with Gasteiger partial charge in [-0.15, -0.1) is 0 Å². The number of hydrogen-bond acceptors (Lipinski definition) is 6. The van der Waals surface area contributed by atoms with Gasteiger partial charge in [0.25, 0.3) is 17.5 Å². The van der Waals surface area contributed by atoms with Gasteiger partial charge in [-0.25, -0.2) is 5.43 Å². The van der Waals surface area contributed by atoms with Crippen LogP contribution in [0.3, 0.4) is 0 Å². The van der Waals surface area contributed by atoms with Crippen LogP contribution in [0, 0.1) is 10.1 Å².